The lowest BCUT2D eigenvalue weighted by Gasteiger charge is -2.28. The van der Waals surface area contributed by atoms with Crippen LogP contribution in [-0.2, 0) is 9.53 Å². The fraction of sp³-hybridized carbons (Fsp3) is 0.409. The number of para-hydroxylation sites is 1. The fourth-order valence-corrected chi connectivity index (χ4v) is 3.16. The second-order valence-corrected chi connectivity index (χ2v) is 6.83. The molecule has 1 heterocycles. The van der Waals surface area contributed by atoms with E-state index in [1.54, 1.807) is 0 Å². The molecule has 0 radical (unpaired) electrons. The van der Waals surface area contributed by atoms with Crippen molar-refractivity contribution < 1.29 is 14.3 Å². The largest absolute Gasteiger partial charge is 0.483 e. The molecule has 0 aromatic heterocycles. The maximum Gasteiger partial charge on any atom is 0.262 e. The van der Waals surface area contributed by atoms with Crippen molar-refractivity contribution in [1.82, 2.24) is 0 Å². The van der Waals surface area contributed by atoms with Crippen LogP contribution < -0.4 is 15.0 Å². The van der Waals surface area contributed by atoms with Crippen LogP contribution in [0.2, 0.25) is 0 Å². The SMILES string of the molecule is CCC(C)c1ccccc1OCC(=O)Nc1ccc(N2CCOCC2)cc1. The van der Waals surface area contributed by atoms with Gasteiger partial charge >= 0.3 is 0 Å². The fourth-order valence-electron chi connectivity index (χ4n) is 3.16. The minimum atomic E-state index is -0.159. The Labute approximate surface area is 161 Å². The number of anilines is 2. The molecule has 5 nitrogen and oxygen atoms in total. The Balaban J connectivity index is 1.54. The number of hydrogen-bond acceptors (Lipinski definition) is 4. The molecule has 2 aromatic carbocycles. The Morgan fingerprint density at radius 2 is 1.85 bits per heavy atom. The van der Waals surface area contributed by atoms with Gasteiger partial charge in [-0.15, -0.1) is 0 Å². The highest BCUT2D eigenvalue weighted by molar-refractivity contribution is 5.92. The molecule has 2 aromatic rings. The van der Waals surface area contributed by atoms with Gasteiger partial charge in [-0.25, -0.2) is 0 Å². The Hall–Kier alpha value is -2.53. The molecule has 1 N–H and O–H groups in total. The minimum Gasteiger partial charge on any atom is -0.483 e. The van der Waals surface area contributed by atoms with Crippen molar-refractivity contribution in [3.63, 3.8) is 0 Å². The van der Waals surface area contributed by atoms with Crippen LogP contribution in [0.4, 0.5) is 11.4 Å². The van der Waals surface area contributed by atoms with Crippen molar-refractivity contribution in [2.75, 3.05) is 43.1 Å². The van der Waals surface area contributed by atoms with E-state index in [-0.39, 0.29) is 12.5 Å². The van der Waals surface area contributed by atoms with Crippen LogP contribution in [-0.4, -0.2) is 38.8 Å². The zero-order valence-electron chi connectivity index (χ0n) is 16.1. The minimum absolute atomic E-state index is 0.00133. The molecule has 0 saturated carbocycles. The van der Waals surface area contributed by atoms with Gasteiger partial charge in [-0.05, 0) is 48.2 Å². The molecule has 144 valence electrons. The van der Waals surface area contributed by atoms with Gasteiger partial charge in [0.15, 0.2) is 6.61 Å². The third-order valence-electron chi connectivity index (χ3n) is 4.95. The number of carbonyl (C=O) groups excluding carboxylic acids is 1. The van der Waals surface area contributed by atoms with Gasteiger partial charge < -0.3 is 19.7 Å². The molecule has 1 fully saturated rings. The van der Waals surface area contributed by atoms with Crippen molar-refractivity contribution >= 4 is 17.3 Å². The highest BCUT2D eigenvalue weighted by atomic mass is 16.5. The first kappa shape index (κ1) is 19.2. The third kappa shape index (κ3) is 5.23. The van der Waals surface area contributed by atoms with Crippen LogP contribution in [0.3, 0.4) is 0 Å². The normalized spacial score (nSPS) is 15.3. The van der Waals surface area contributed by atoms with Gasteiger partial charge in [0.1, 0.15) is 5.75 Å². The van der Waals surface area contributed by atoms with E-state index in [1.165, 1.54) is 0 Å². The predicted molar refractivity (Wildman–Crippen MR) is 109 cm³/mol. The second-order valence-electron chi connectivity index (χ2n) is 6.83. The van der Waals surface area contributed by atoms with Crippen molar-refractivity contribution in [2.24, 2.45) is 0 Å². The molecule has 1 saturated heterocycles. The van der Waals surface area contributed by atoms with Gasteiger partial charge in [0, 0.05) is 24.5 Å². The summed E-state index contributed by atoms with van der Waals surface area (Å²) in [5, 5.41) is 2.90. The summed E-state index contributed by atoms with van der Waals surface area (Å²) >= 11 is 0. The lowest BCUT2D eigenvalue weighted by molar-refractivity contribution is -0.118. The van der Waals surface area contributed by atoms with E-state index in [0.717, 1.165) is 55.4 Å². The first-order valence-corrected chi connectivity index (χ1v) is 9.61. The number of carbonyl (C=O) groups is 1. The van der Waals surface area contributed by atoms with Gasteiger partial charge in [0.25, 0.3) is 5.91 Å². The Morgan fingerprint density at radius 1 is 1.15 bits per heavy atom. The number of rotatable bonds is 7. The summed E-state index contributed by atoms with van der Waals surface area (Å²) in [6.07, 6.45) is 1.03. The zero-order chi connectivity index (χ0) is 19.1. The van der Waals surface area contributed by atoms with Crippen molar-refractivity contribution in [3.8, 4) is 5.75 Å². The third-order valence-corrected chi connectivity index (χ3v) is 4.95. The van der Waals surface area contributed by atoms with E-state index in [1.807, 2.05) is 42.5 Å². The van der Waals surface area contributed by atoms with E-state index >= 15 is 0 Å². The number of nitrogens with one attached hydrogen (secondary N) is 1. The first-order chi connectivity index (χ1) is 13.2. The summed E-state index contributed by atoms with van der Waals surface area (Å²) in [5.41, 5.74) is 3.06. The molecule has 1 unspecified atom stereocenters. The standard InChI is InChI=1S/C22H28N2O3/c1-3-17(2)20-6-4-5-7-21(20)27-16-22(25)23-18-8-10-19(11-9-18)24-12-14-26-15-13-24/h4-11,17H,3,12-16H2,1-2H3,(H,23,25). The number of hydrogen-bond donors (Lipinski definition) is 1. The van der Waals surface area contributed by atoms with Crippen molar-refractivity contribution in [3.05, 3.63) is 54.1 Å². The zero-order valence-corrected chi connectivity index (χ0v) is 16.1. The van der Waals surface area contributed by atoms with E-state index < -0.39 is 0 Å². The van der Waals surface area contributed by atoms with Gasteiger partial charge in [0.2, 0.25) is 0 Å². The highest BCUT2D eigenvalue weighted by Gasteiger charge is 2.13. The molecule has 0 aliphatic carbocycles. The molecule has 1 atom stereocenters. The Morgan fingerprint density at radius 3 is 2.56 bits per heavy atom. The monoisotopic (exact) mass is 368 g/mol. The first-order valence-electron chi connectivity index (χ1n) is 9.61. The molecule has 5 heteroatoms. The maximum atomic E-state index is 12.3. The second kappa shape index (κ2) is 9.42. The summed E-state index contributed by atoms with van der Waals surface area (Å²) < 4.78 is 11.2. The predicted octanol–water partition coefficient (Wildman–Crippen LogP) is 4.05. The van der Waals surface area contributed by atoms with Crippen molar-refractivity contribution in [1.29, 1.82) is 0 Å². The van der Waals surface area contributed by atoms with Crippen molar-refractivity contribution in [2.45, 2.75) is 26.2 Å². The van der Waals surface area contributed by atoms with Crippen LogP contribution in [0.15, 0.2) is 48.5 Å². The van der Waals surface area contributed by atoms with E-state index in [2.05, 4.69) is 30.1 Å². The van der Waals surface area contributed by atoms with E-state index in [9.17, 15) is 4.79 Å². The molecule has 0 bridgehead atoms. The van der Waals surface area contributed by atoms with Gasteiger partial charge in [-0.3, -0.25) is 4.79 Å². The topological polar surface area (TPSA) is 50.8 Å². The summed E-state index contributed by atoms with van der Waals surface area (Å²) in [7, 11) is 0. The molecule has 1 aliphatic heterocycles. The van der Waals surface area contributed by atoms with E-state index in [0.29, 0.717) is 5.92 Å². The number of nitrogens with zero attached hydrogens (tertiary/aromatic N) is 1. The average Bonchev–Trinajstić information content (AvgIpc) is 2.73. The summed E-state index contributed by atoms with van der Waals surface area (Å²) in [4.78, 5) is 14.5. The number of benzene rings is 2. The molecular weight excluding hydrogens is 340 g/mol. The molecular formula is C22H28N2O3. The summed E-state index contributed by atoms with van der Waals surface area (Å²) in [6.45, 7) is 7.62. The molecule has 1 amide bonds. The molecule has 1 aliphatic rings. The Bertz CT molecular complexity index is 739. The van der Waals surface area contributed by atoms with Crippen LogP contribution in [0.5, 0.6) is 5.75 Å². The van der Waals surface area contributed by atoms with Crippen LogP contribution in [0, 0.1) is 0 Å². The molecule has 3 rings (SSSR count). The lowest BCUT2D eigenvalue weighted by atomic mass is 9.98. The van der Waals surface area contributed by atoms with Gasteiger partial charge in [-0.2, -0.15) is 0 Å². The number of ether oxygens (including phenoxy) is 2. The summed E-state index contributed by atoms with van der Waals surface area (Å²) in [6, 6.07) is 15.8. The number of amides is 1. The Kier molecular flexibility index (Phi) is 6.71. The summed E-state index contributed by atoms with van der Waals surface area (Å²) in [5.74, 6) is 1.02. The number of morpholine rings is 1. The van der Waals surface area contributed by atoms with Gasteiger partial charge in [-0.1, -0.05) is 32.0 Å². The molecule has 27 heavy (non-hydrogen) atoms. The maximum absolute atomic E-state index is 12.3. The van der Waals surface area contributed by atoms with Crippen LogP contribution >= 0.6 is 0 Å². The van der Waals surface area contributed by atoms with Crippen LogP contribution in [0.1, 0.15) is 31.7 Å². The quantitative estimate of drug-likeness (QED) is 0.801. The van der Waals surface area contributed by atoms with Crippen LogP contribution in [0.25, 0.3) is 0 Å². The smallest absolute Gasteiger partial charge is 0.262 e. The van der Waals surface area contributed by atoms with Gasteiger partial charge in [0.05, 0.1) is 13.2 Å². The lowest BCUT2D eigenvalue weighted by Crippen LogP contribution is -2.36. The molecule has 0 spiro atoms. The van der Waals surface area contributed by atoms with E-state index in [4.69, 9.17) is 9.47 Å². The average molecular weight is 368 g/mol. The highest BCUT2D eigenvalue weighted by Crippen LogP contribution is 2.28.